The largest absolute Gasteiger partial charge is 0.462 e. The van der Waals surface area contributed by atoms with Crippen LogP contribution in [0.4, 0.5) is 5.69 Å². The summed E-state index contributed by atoms with van der Waals surface area (Å²) in [5.41, 5.74) is 7.73. The third kappa shape index (κ3) is 3.77. The molecule has 0 radical (unpaired) electrons. The zero-order chi connectivity index (χ0) is 12.0. The van der Waals surface area contributed by atoms with Crippen LogP contribution in [0.15, 0.2) is 18.2 Å². The number of hydrogen-bond donors (Lipinski definition) is 1. The fourth-order valence-corrected chi connectivity index (χ4v) is 1.77. The first-order valence-corrected chi connectivity index (χ1v) is 6.56. The Bertz CT molecular complexity index is 366. The molecule has 88 valence electrons. The average molecular weight is 239 g/mol. The second-order valence-corrected chi connectivity index (χ2v) is 4.54. The Balaban J connectivity index is 2.53. The van der Waals surface area contributed by atoms with Crippen molar-refractivity contribution in [2.24, 2.45) is 0 Å². The molecule has 0 saturated heterocycles. The number of thioether (sulfide) groups is 1. The summed E-state index contributed by atoms with van der Waals surface area (Å²) < 4.78 is 5.16. The van der Waals surface area contributed by atoms with Crippen molar-refractivity contribution in [1.29, 1.82) is 0 Å². The Kier molecular flexibility index (Phi) is 5.19. The van der Waals surface area contributed by atoms with Crippen molar-refractivity contribution in [3.63, 3.8) is 0 Å². The van der Waals surface area contributed by atoms with E-state index in [0.717, 1.165) is 17.7 Å². The first-order valence-electron chi connectivity index (χ1n) is 5.17. The molecule has 0 aromatic heterocycles. The van der Waals surface area contributed by atoms with Gasteiger partial charge >= 0.3 is 5.97 Å². The third-order valence-corrected chi connectivity index (χ3v) is 2.89. The van der Waals surface area contributed by atoms with Gasteiger partial charge in [0, 0.05) is 5.69 Å². The topological polar surface area (TPSA) is 52.3 Å². The van der Waals surface area contributed by atoms with Gasteiger partial charge < -0.3 is 10.5 Å². The van der Waals surface area contributed by atoms with Crippen molar-refractivity contribution in [1.82, 2.24) is 0 Å². The minimum Gasteiger partial charge on any atom is -0.462 e. The molecule has 0 aliphatic carbocycles. The predicted octanol–water partition coefficient (Wildman–Crippen LogP) is 2.49. The van der Waals surface area contributed by atoms with E-state index in [0.29, 0.717) is 17.9 Å². The Morgan fingerprint density at radius 2 is 2.25 bits per heavy atom. The molecule has 0 aliphatic heterocycles. The number of carbonyl (C=O) groups is 1. The Hall–Kier alpha value is -1.16. The highest BCUT2D eigenvalue weighted by Gasteiger charge is 2.09. The van der Waals surface area contributed by atoms with Crippen LogP contribution in [0.3, 0.4) is 0 Å². The number of hydrogen-bond acceptors (Lipinski definition) is 4. The average Bonchev–Trinajstić information content (AvgIpc) is 2.24. The summed E-state index contributed by atoms with van der Waals surface area (Å²) in [6, 6.07) is 5.20. The first-order chi connectivity index (χ1) is 7.65. The van der Waals surface area contributed by atoms with Crippen LogP contribution < -0.4 is 5.73 Å². The lowest BCUT2D eigenvalue weighted by Gasteiger charge is -2.07. The lowest BCUT2D eigenvalue weighted by atomic mass is 10.1. The molecule has 0 atom stereocenters. The highest BCUT2D eigenvalue weighted by atomic mass is 32.2. The number of ether oxygens (including phenoxy) is 1. The number of aryl methyl sites for hydroxylation is 1. The summed E-state index contributed by atoms with van der Waals surface area (Å²) in [4.78, 5) is 11.7. The number of esters is 1. The molecule has 0 heterocycles. The van der Waals surface area contributed by atoms with Gasteiger partial charge in [0.25, 0.3) is 0 Å². The first kappa shape index (κ1) is 12.9. The summed E-state index contributed by atoms with van der Waals surface area (Å²) in [7, 11) is 0. The van der Waals surface area contributed by atoms with Crippen LogP contribution >= 0.6 is 11.8 Å². The van der Waals surface area contributed by atoms with Gasteiger partial charge in [-0.1, -0.05) is 0 Å². The molecule has 0 saturated carbocycles. The van der Waals surface area contributed by atoms with Crippen LogP contribution in [0.25, 0.3) is 0 Å². The molecule has 4 heteroatoms. The van der Waals surface area contributed by atoms with E-state index in [2.05, 4.69) is 0 Å². The number of rotatable bonds is 5. The van der Waals surface area contributed by atoms with Crippen molar-refractivity contribution in [3.8, 4) is 0 Å². The van der Waals surface area contributed by atoms with Gasteiger partial charge in [0.05, 0.1) is 12.2 Å². The van der Waals surface area contributed by atoms with Gasteiger partial charge in [0.1, 0.15) is 0 Å². The Morgan fingerprint density at radius 1 is 1.50 bits per heavy atom. The number of nitrogens with two attached hydrogens (primary N) is 1. The smallest absolute Gasteiger partial charge is 0.338 e. The molecule has 1 aromatic carbocycles. The summed E-state index contributed by atoms with van der Waals surface area (Å²) in [6.45, 7) is 2.33. The highest BCUT2D eigenvalue weighted by molar-refractivity contribution is 7.98. The molecule has 0 aliphatic rings. The maximum absolute atomic E-state index is 11.7. The van der Waals surface area contributed by atoms with Crippen molar-refractivity contribution < 1.29 is 9.53 Å². The maximum Gasteiger partial charge on any atom is 0.338 e. The molecule has 0 spiro atoms. The third-order valence-electron chi connectivity index (χ3n) is 2.20. The maximum atomic E-state index is 11.7. The zero-order valence-corrected chi connectivity index (χ0v) is 10.5. The van der Waals surface area contributed by atoms with E-state index in [1.165, 1.54) is 0 Å². The fraction of sp³-hybridized carbons (Fsp3) is 0.417. The number of benzene rings is 1. The second-order valence-electron chi connectivity index (χ2n) is 3.56. The minimum atomic E-state index is -0.265. The molecule has 3 nitrogen and oxygen atoms in total. The van der Waals surface area contributed by atoms with Gasteiger partial charge in [-0.05, 0) is 49.1 Å². The summed E-state index contributed by atoms with van der Waals surface area (Å²) in [5, 5.41) is 0. The number of carbonyl (C=O) groups excluding carboxylic acids is 1. The van der Waals surface area contributed by atoms with Crippen LogP contribution in [0.5, 0.6) is 0 Å². The number of nitrogen functional groups attached to an aromatic ring is 1. The van der Waals surface area contributed by atoms with E-state index in [1.54, 1.807) is 30.0 Å². The van der Waals surface area contributed by atoms with Crippen molar-refractivity contribution in [3.05, 3.63) is 29.3 Å². The van der Waals surface area contributed by atoms with Crippen LogP contribution in [-0.4, -0.2) is 24.6 Å². The predicted molar refractivity (Wildman–Crippen MR) is 68.9 cm³/mol. The van der Waals surface area contributed by atoms with Gasteiger partial charge in [-0.25, -0.2) is 4.79 Å². The van der Waals surface area contributed by atoms with E-state index in [9.17, 15) is 4.79 Å². The lowest BCUT2D eigenvalue weighted by molar-refractivity contribution is 0.0505. The normalized spacial score (nSPS) is 10.1. The van der Waals surface area contributed by atoms with E-state index in [1.807, 2.05) is 13.2 Å². The Morgan fingerprint density at radius 3 is 2.88 bits per heavy atom. The van der Waals surface area contributed by atoms with E-state index >= 15 is 0 Å². The van der Waals surface area contributed by atoms with Crippen molar-refractivity contribution >= 4 is 23.4 Å². The molecule has 1 aromatic rings. The molecule has 0 unspecified atom stereocenters. The van der Waals surface area contributed by atoms with Crippen molar-refractivity contribution in [2.45, 2.75) is 13.3 Å². The molecule has 2 N–H and O–H groups in total. The lowest BCUT2D eigenvalue weighted by Crippen LogP contribution is -2.09. The molecule has 0 fully saturated rings. The molecular weight excluding hydrogens is 222 g/mol. The second kappa shape index (κ2) is 6.43. The standard InChI is InChI=1S/C12H17NO2S/c1-9-8-10(13)4-5-11(9)12(14)15-6-3-7-16-2/h4-5,8H,3,6-7,13H2,1-2H3. The van der Waals surface area contributed by atoms with E-state index in [4.69, 9.17) is 10.5 Å². The fourth-order valence-electron chi connectivity index (χ4n) is 1.36. The van der Waals surface area contributed by atoms with Gasteiger partial charge in [0.2, 0.25) is 0 Å². The summed E-state index contributed by atoms with van der Waals surface area (Å²) in [6.07, 6.45) is 2.92. The Labute approximate surface area is 100 Å². The minimum absolute atomic E-state index is 0.265. The van der Waals surface area contributed by atoms with Gasteiger partial charge in [-0.3, -0.25) is 0 Å². The summed E-state index contributed by atoms with van der Waals surface area (Å²) >= 11 is 1.75. The van der Waals surface area contributed by atoms with Crippen LogP contribution in [0.1, 0.15) is 22.3 Å². The van der Waals surface area contributed by atoms with Gasteiger partial charge in [0.15, 0.2) is 0 Å². The van der Waals surface area contributed by atoms with Gasteiger partial charge in [-0.15, -0.1) is 0 Å². The monoisotopic (exact) mass is 239 g/mol. The molecular formula is C12H17NO2S. The van der Waals surface area contributed by atoms with Crippen LogP contribution in [0.2, 0.25) is 0 Å². The van der Waals surface area contributed by atoms with Crippen LogP contribution in [-0.2, 0) is 4.74 Å². The van der Waals surface area contributed by atoms with Gasteiger partial charge in [-0.2, -0.15) is 11.8 Å². The van der Waals surface area contributed by atoms with E-state index in [-0.39, 0.29) is 5.97 Å². The highest BCUT2D eigenvalue weighted by Crippen LogP contribution is 2.13. The van der Waals surface area contributed by atoms with Crippen LogP contribution in [0, 0.1) is 6.92 Å². The SMILES string of the molecule is CSCCCOC(=O)c1ccc(N)cc1C. The molecule has 0 amide bonds. The molecule has 1 rings (SSSR count). The van der Waals surface area contributed by atoms with Crippen molar-refractivity contribution in [2.75, 3.05) is 24.3 Å². The summed E-state index contributed by atoms with van der Waals surface area (Å²) in [5.74, 6) is 0.743. The molecule has 0 bridgehead atoms. The zero-order valence-electron chi connectivity index (χ0n) is 9.66. The quantitative estimate of drug-likeness (QED) is 0.487. The van der Waals surface area contributed by atoms with E-state index < -0.39 is 0 Å². The molecule has 16 heavy (non-hydrogen) atoms. The number of anilines is 1.